The van der Waals surface area contributed by atoms with Crippen molar-refractivity contribution < 1.29 is 9.59 Å². The van der Waals surface area contributed by atoms with Gasteiger partial charge in [0.2, 0.25) is 0 Å². The summed E-state index contributed by atoms with van der Waals surface area (Å²) in [7, 11) is 0. The highest BCUT2D eigenvalue weighted by Gasteiger charge is 2.18. The number of hydrogen-bond donors (Lipinski definition) is 2. The Balaban J connectivity index is 1.68. The zero-order chi connectivity index (χ0) is 22.5. The number of nitrogens with one attached hydrogen (secondary N) is 2. The maximum Gasteiger partial charge on any atom is 0.256 e. The minimum atomic E-state index is -0.298. The number of rotatable bonds is 5. The summed E-state index contributed by atoms with van der Waals surface area (Å²) in [6.45, 7) is 0. The van der Waals surface area contributed by atoms with Gasteiger partial charge in [0.15, 0.2) is 0 Å². The van der Waals surface area contributed by atoms with Crippen molar-refractivity contribution in [2.75, 3.05) is 10.6 Å². The molecule has 2 N–H and O–H groups in total. The Morgan fingerprint density at radius 2 is 0.938 bits per heavy atom. The van der Waals surface area contributed by atoms with Gasteiger partial charge in [-0.15, -0.1) is 0 Å². The Hall–Kier alpha value is -3.60. The van der Waals surface area contributed by atoms with E-state index >= 15 is 0 Å². The van der Waals surface area contributed by atoms with Gasteiger partial charge >= 0.3 is 0 Å². The van der Waals surface area contributed by atoms with E-state index in [1.54, 1.807) is 72.8 Å². The smallest absolute Gasteiger partial charge is 0.256 e. The van der Waals surface area contributed by atoms with Gasteiger partial charge in [0.25, 0.3) is 11.8 Å². The predicted octanol–water partition coefficient (Wildman–Crippen LogP) is 7.17. The van der Waals surface area contributed by atoms with Crippen LogP contribution >= 0.6 is 23.2 Å². The molecule has 0 spiro atoms. The van der Waals surface area contributed by atoms with Crippen LogP contribution in [0.1, 0.15) is 20.7 Å². The second kappa shape index (κ2) is 9.69. The first-order chi connectivity index (χ1) is 15.5. The molecule has 4 rings (SSSR count). The first-order valence-electron chi connectivity index (χ1n) is 9.83. The molecule has 0 unspecified atom stereocenters. The van der Waals surface area contributed by atoms with Gasteiger partial charge in [-0.1, -0.05) is 71.7 Å². The number of carbonyl (C=O) groups is 2. The lowest BCUT2D eigenvalue weighted by Gasteiger charge is -2.14. The molecule has 0 radical (unpaired) electrons. The average Bonchev–Trinajstić information content (AvgIpc) is 2.79. The van der Waals surface area contributed by atoms with E-state index in [0.29, 0.717) is 43.7 Å². The molecular weight excluding hydrogens is 443 g/mol. The molecule has 4 aromatic rings. The number of halogens is 2. The number of hydrogen-bond acceptors (Lipinski definition) is 2. The quantitative estimate of drug-likeness (QED) is 0.331. The van der Waals surface area contributed by atoms with Crippen molar-refractivity contribution >= 4 is 46.4 Å². The zero-order valence-corrected chi connectivity index (χ0v) is 18.3. The predicted molar refractivity (Wildman–Crippen MR) is 131 cm³/mol. The molecule has 32 heavy (non-hydrogen) atoms. The van der Waals surface area contributed by atoms with Crippen LogP contribution in [-0.4, -0.2) is 11.8 Å². The molecule has 4 nitrogen and oxygen atoms in total. The molecule has 0 heterocycles. The summed E-state index contributed by atoms with van der Waals surface area (Å²) >= 11 is 12.1. The average molecular weight is 461 g/mol. The van der Waals surface area contributed by atoms with Crippen molar-refractivity contribution in [1.29, 1.82) is 0 Å². The van der Waals surface area contributed by atoms with Crippen LogP contribution in [0, 0.1) is 0 Å². The Morgan fingerprint density at radius 3 is 1.34 bits per heavy atom. The highest BCUT2D eigenvalue weighted by molar-refractivity contribution is 6.31. The molecule has 158 valence electrons. The van der Waals surface area contributed by atoms with Crippen molar-refractivity contribution in [2.24, 2.45) is 0 Å². The van der Waals surface area contributed by atoms with Crippen LogP contribution in [0.5, 0.6) is 0 Å². The first-order valence-corrected chi connectivity index (χ1v) is 10.6. The third-order valence-electron chi connectivity index (χ3n) is 4.80. The maximum atomic E-state index is 13.1. The van der Waals surface area contributed by atoms with Gasteiger partial charge in [-0.3, -0.25) is 9.59 Å². The van der Waals surface area contributed by atoms with Gasteiger partial charge in [-0.25, -0.2) is 0 Å². The highest BCUT2D eigenvalue weighted by Crippen LogP contribution is 2.29. The van der Waals surface area contributed by atoms with Crippen LogP contribution < -0.4 is 10.6 Å². The molecule has 0 fully saturated rings. The van der Waals surface area contributed by atoms with Gasteiger partial charge in [-0.2, -0.15) is 0 Å². The number of amides is 2. The third-order valence-corrected chi connectivity index (χ3v) is 5.27. The summed E-state index contributed by atoms with van der Waals surface area (Å²) in [5.74, 6) is -0.596. The SMILES string of the molecule is O=C(Nc1cccc(Cl)c1)c1ccccc1-c1ccccc1C(=O)Nc1cccc(Cl)c1. The Labute approximate surface area is 195 Å². The summed E-state index contributed by atoms with van der Waals surface area (Å²) < 4.78 is 0. The second-order valence-corrected chi connectivity index (χ2v) is 7.89. The lowest BCUT2D eigenvalue weighted by atomic mass is 9.94. The van der Waals surface area contributed by atoms with Gasteiger partial charge in [0.1, 0.15) is 0 Å². The minimum absolute atomic E-state index is 0.298. The van der Waals surface area contributed by atoms with Crippen LogP contribution in [0.25, 0.3) is 11.1 Å². The van der Waals surface area contributed by atoms with Gasteiger partial charge < -0.3 is 10.6 Å². The fourth-order valence-electron chi connectivity index (χ4n) is 3.36. The molecule has 0 aliphatic rings. The van der Waals surface area contributed by atoms with Crippen molar-refractivity contribution in [1.82, 2.24) is 0 Å². The molecule has 0 aliphatic carbocycles. The van der Waals surface area contributed by atoms with Crippen LogP contribution in [0.3, 0.4) is 0 Å². The van der Waals surface area contributed by atoms with E-state index in [0.717, 1.165) is 0 Å². The molecule has 4 aromatic carbocycles. The van der Waals surface area contributed by atoms with E-state index in [4.69, 9.17) is 23.2 Å². The highest BCUT2D eigenvalue weighted by atomic mass is 35.5. The molecule has 6 heteroatoms. The van der Waals surface area contributed by atoms with Crippen molar-refractivity contribution in [3.63, 3.8) is 0 Å². The fourth-order valence-corrected chi connectivity index (χ4v) is 3.74. The summed E-state index contributed by atoms with van der Waals surface area (Å²) in [5, 5.41) is 6.78. The van der Waals surface area contributed by atoms with E-state index in [1.165, 1.54) is 0 Å². The van der Waals surface area contributed by atoms with Crippen LogP contribution in [0.2, 0.25) is 10.0 Å². The fraction of sp³-hybridized carbons (Fsp3) is 0. The van der Waals surface area contributed by atoms with E-state index in [1.807, 2.05) is 24.3 Å². The van der Waals surface area contributed by atoms with Crippen LogP contribution in [-0.2, 0) is 0 Å². The zero-order valence-electron chi connectivity index (χ0n) is 16.8. The normalized spacial score (nSPS) is 10.4. The largest absolute Gasteiger partial charge is 0.322 e. The Morgan fingerprint density at radius 1 is 0.531 bits per heavy atom. The van der Waals surface area contributed by atoms with E-state index < -0.39 is 0 Å². The standard InChI is InChI=1S/C26H18Cl2N2O2/c27-17-7-5-9-19(15-17)29-25(31)23-13-3-1-11-21(23)22-12-2-4-14-24(22)26(32)30-20-10-6-8-18(28)16-20/h1-16H,(H,29,31)(H,30,32). The number of anilines is 2. The summed E-state index contributed by atoms with van der Waals surface area (Å²) in [6.07, 6.45) is 0. The van der Waals surface area contributed by atoms with Crippen LogP contribution in [0.15, 0.2) is 97.1 Å². The van der Waals surface area contributed by atoms with Gasteiger partial charge in [-0.05, 0) is 59.7 Å². The van der Waals surface area contributed by atoms with Crippen molar-refractivity contribution in [3.8, 4) is 11.1 Å². The molecule has 0 bridgehead atoms. The molecule has 0 saturated heterocycles. The van der Waals surface area contributed by atoms with E-state index in [9.17, 15) is 9.59 Å². The molecule has 0 aromatic heterocycles. The molecule has 0 aliphatic heterocycles. The van der Waals surface area contributed by atoms with E-state index in [-0.39, 0.29) is 11.8 Å². The summed E-state index contributed by atoms with van der Waals surface area (Å²) in [6, 6.07) is 28.2. The van der Waals surface area contributed by atoms with E-state index in [2.05, 4.69) is 10.6 Å². The first kappa shape index (κ1) is 21.6. The van der Waals surface area contributed by atoms with Crippen LogP contribution in [0.4, 0.5) is 11.4 Å². The van der Waals surface area contributed by atoms with Crippen molar-refractivity contribution in [2.45, 2.75) is 0 Å². The number of carbonyl (C=O) groups excluding carboxylic acids is 2. The Kier molecular flexibility index (Phi) is 6.55. The lowest BCUT2D eigenvalue weighted by molar-refractivity contribution is 0.101. The van der Waals surface area contributed by atoms with Gasteiger partial charge in [0.05, 0.1) is 0 Å². The molecule has 0 saturated carbocycles. The molecule has 2 amide bonds. The number of benzene rings is 4. The van der Waals surface area contributed by atoms with Gasteiger partial charge in [0, 0.05) is 32.5 Å². The molecule has 0 atom stereocenters. The minimum Gasteiger partial charge on any atom is -0.322 e. The van der Waals surface area contributed by atoms with Crippen molar-refractivity contribution in [3.05, 3.63) is 118 Å². The summed E-state index contributed by atoms with van der Waals surface area (Å²) in [4.78, 5) is 26.1. The summed E-state index contributed by atoms with van der Waals surface area (Å²) in [5.41, 5.74) is 3.34. The maximum absolute atomic E-state index is 13.1. The topological polar surface area (TPSA) is 58.2 Å². The third kappa shape index (κ3) is 4.99. The Bertz CT molecular complexity index is 1200. The molecular formula is C26H18Cl2N2O2. The lowest BCUT2D eigenvalue weighted by Crippen LogP contribution is -2.15. The monoisotopic (exact) mass is 460 g/mol. The second-order valence-electron chi connectivity index (χ2n) is 7.02.